The molecule has 1 rings (SSSR count). The zero-order valence-corrected chi connectivity index (χ0v) is 11.9. The molecule has 1 aromatic rings. The van der Waals surface area contributed by atoms with Crippen molar-refractivity contribution in [1.82, 2.24) is 14.5 Å². The van der Waals surface area contributed by atoms with Crippen molar-refractivity contribution in [3.05, 3.63) is 5.69 Å². The maximum atomic E-state index is 12.3. The van der Waals surface area contributed by atoms with Gasteiger partial charge < -0.3 is 10.8 Å². The number of anilines is 1. The van der Waals surface area contributed by atoms with Crippen LogP contribution in [-0.4, -0.2) is 35.5 Å². The van der Waals surface area contributed by atoms with Crippen molar-refractivity contribution < 1.29 is 13.5 Å². The van der Waals surface area contributed by atoms with Gasteiger partial charge >= 0.3 is 0 Å². The van der Waals surface area contributed by atoms with Crippen LogP contribution >= 0.6 is 0 Å². The number of aliphatic hydroxyl groups is 1. The quantitative estimate of drug-likeness (QED) is 0.687. The van der Waals surface area contributed by atoms with Crippen LogP contribution in [0, 0.1) is 6.92 Å². The Morgan fingerprint density at radius 1 is 1.56 bits per heavy atom. The second kappa shape index (κ2) is 4.87. The highest BCUT2D eigenvalue weighted by atomic mass is 32.2. The second-order valence-corrected chi connectivity index (χ2v) is 6.22. The maximum Gasteiger partial charge on any atom is 0.246 e. The second-order valence-electron chi connectivity index (χ2n) is 4.60. The first-order valence-corrected chi connectivity index (χ1v) is 7.09. The van der Waals surface area contributed by atoms with Crippen molar-refractivity contribution in [1.29, 1.82) is 0 Å². The van der Waals surface area contributed by atoms with E-state index in [2.05, 4.69) is 9.82 Å². The minimum Gasteiger partial charge on any atom is -0.394 e. The lowest BCUT2D eigenvalue weighted by atomic mass is 10.0. The van der Waals surface area contributed by atoms with E-state index in [1.807, 2.05) is 0 Å². The first-order valence-electron chi connectivity index (χ1n) is 5.61. The highest BCUT2D eigenvalue weighted by molar-refractivity contribution is 7.89. The lowest BCUT2D eigenvalue weighted by Gasteiger charge is -2.26. The van der Waals surface area contributed by atoms with E-state index < -0.39 is 15.6 Å². The molecule has 0 aliphatic heterocycles. The number of hydrogen-bond donors (Lipinski definition) is 3. The molecule has 4 N–H and O–H groups in total. The monoisotopic (exact) mass is 276 g/mol. The fourth-order valence-corrected chi connectivity index (χ4v) is 3.33. The van der Waals surface area contributed by atoms with Gasteiger partial charge in [-0.2, -0.15) is 5.10 Å². The van der Waals surface area contributed by atoms with E-state index in [0.717, 1.165) is 0 Å². The summed E-state index contributed by atoms with van der Waals surface area (Å²) in [6, 6.07) is 0. The fraction of sp³-hybridized carbons (Fsp3) is 0.700. The van der Waals surface area contributed by atoms with Crippen LogP contribution < -0.4 is 10.5 Å². The first kappa shape index (κ1) is 14.9. The van der Waals surface area contributed by atoms with Gasteiger partial charge in [-0.3, -0.25) is 4.68 Å². The van der Waals surface area contributed by atoms with Gasteiger partial charge in [0.25, 0.3) is 0 Å². The molecule has 0 aliphatic carbocycles. The van der Waals surface area contributed by atoms with Crippen LogP contribution in [0.25, 0.3) is 0 Å². The predicted molar refractivity (Wildman–Crippen MR) is 68.5 cm³/mol. The van der Waals surface area contributed by atoms with Gasteiger partial charge in [0.1, 0.15) is 4.90 Å². The Morgan fingerprint density at radius 2 is 2.11 bits per heavy atom. The third kappa shape index (κ3) is 2.65. The highest BCUT2D eigenvalue weighted by Gasteiger charge is 2.32. The molecule has 7 nitrogen and oxygen atoms in total. The number of aromatic nitrogens is 2. The Kier molecular flexibility index (Phi) is 4.04. The molecule has 1 aromatic heterocycles. The van der Waals surface area contributed by atoms with E-state index in [1.165, 1.54) is 4.68 Å². The van der Waals surface area contributed by atoms with E-state index in [0.29, 0.717) is 12.1 Å². The first-order chi connectivity index (χ1) is 8.17. The summed E-state index contributed by atoms with van der Waals surface area (Å²) in [7, 11) is -2.18. The zero-order chi connectivity index (χ0) is 14.1. The molecule has 0 aliphatic rings. The molecule has 1 atom stereocenters. The van der Waals surface area contributed by atoms with Crippen LogP contribution in [0.15, 0.2) is 4.90 Å². The third-order valence-electron chi connectivity index (χ3n) is 3.08. The van der Waals surface area contributed by atoms with E-state index in [9.17, 15) is 13.5 Å². The molecule has 8 heteroatoms. The number of nitrogens with zero attached hydrogens (tertiary/aromatic N) is 2. The van der Waals surface area contributed by atoms with Crippen molar-refractivity contribution in [2.45, 2.75) is 37.6 Å². The number of aliphatic hydroxyl groups excluding tert-OH is 1. The summed E-state index contributed by atoms with van der Waals surface area (Å²) in [5.74, 6) is -0.0427. The largest absolute Gasteiger partial charge is 0.394 e. The van der Waals surface area contributed by atoms with E-state index >= 15 is 0 Å². The maximum absolute atomic E-state index is 12.3. The van der Waals surface area contributed by atoms with Gasteiger partial charge in [-0.05, 0) is 20.3 Å². The molecule has 0 amide bonds. The van der Waals surface area contributed by atoms with Gasteiger partial charge in [0.15, 0.2) is 5.82 Å². The van der Waals surface area contributed by atoms with Crippen molar-refractivity contribution in [3.8, 4) is 0 Å². The summed E-state index contributed by atoms with van der Waals surface area (Å²) >= 11 is 0. The number of nitrogens with one attached hydrogen (secondary N) is 1. The molecule has 18 heavy (non-hydrogen) atoms. The predicted octanol–water partition coefficient (Wildman–Crippen LogP) is -0.250. The highest BCUT2D eigenvalue weighted by Crippen LogP contribution is 2.23. The van der Waals surface area contributed by atoms with Crippen molar-refractivity contribution in [3.63, 3.8) is 0 Å². The minimum absolute atomic E-state index is 0.0295. The van der Waals surface area contributed by atoms with Gasteiger partial charge in [-0.25, -0.2) is 13.1 Å². The normalized spacial score (nSPS) is 15.6. The minimum atomic E-state index is -3.80. The summed E-state index contributed by atoms with van der Waals surface area (Å²) in [4.78, 5) is -0.0295. The SMILES string of the molecule is CCC(C)(CO)NS(=O)(=O)c1c(N)nn(C)c1C. The number of nitrogens with two attached hydrogens (primary N) is 1. The molecular weight excluding hydrogens is 256 g/mol. The summed E-state index contributed by atoms with van der Waals surface area (Å²) in [6.45, 7) is 4.76. The molecule has 0 spiro atoms. The molecule has 0 aromatic carbocycles. The molecule has 0 saturated carbocycles. The van der Waals surface area contributed by atoms with E-state index in [-0.39, 0.29) is 17.3 Å². The average molecular weight is 276 g/mol. The van der Waals surface area contributed by atoms with Crippen LogP contribution in [0.1, 0.15) is 26.0 Å². The van der Waals surface area contributed by atoms with Crippen LogP contribution in [-0.2, 0) is 17.1 Å². The molecule has 1 heterocycles. The number of aryl methyl sites for hydroxylation is 1. The summed E-state index contributed by atoms with van der Waals surface area (Å²) in [5, 5.41) is 13.1. The molecule has 104 valence electrons. The molecule has 0 fully saturated rings. The van der Waals surface area contributed by atoms with Crippen molar-refractivity contribution >= 4 is 15.8 Å². The van der Waals surface area contributed by atoms with Crippen molar-refractivity contribution in [2.24, 2.45) is 7.05 Å². The number of nitrogen functional groups attached to an aromatic ring is 1. The lowest BCUT2D eigenvalue weighted by molar-refractivity contribution is 0.191. The number of hydrogen-bond acceptors (Lipinski definition) is 5. The van der Waals surface area contributed by atoms with Gasteiger partial charge in [0, 0.05) is 7.05 Å². The van der Waals surface area contributed by atoms with E-state index in [1.54, 1.807) is 27.8 Å². The Hall–Kier alpha value is -1.12. The van der Waals surface area contributed by atoms with Gasteiger partial charge in [-0.15, -0.1) is 0 Å². The average Bonchev–Trinajstić information content (AvgIpc) is 2.52. The standard InChI is InChI=1S/C10H20N4O3S/c1-5-10(3,6-15)13-18(16,17)8-7(2)14(4)12-9(8)11/h13,15H,5-6H2,1-4H3,(H2,11,12). The van der Waals surface area contributed by atoms with E-state index in [4.69, 9.17) is 5.73 Å². The Balaban J connectivity index is 3.23. The van der Waals surface area contributed by atoms with Gasteiger partial charge in [-0.1, -0.05) is 6.92 Å². The third-order valence-corrected chi connectivity index (χ3v) is 4.89. The Labute approximate surface area is 107 Å². The fourth-order valence-electron chi connectivity index (χ4n) is 1.54. The Bertz CT molecular complexity index is 532. The zero-order valence-electron chi connectivity index (χ0n) is 11.1. The Morgan fingerprint density at radius 3 is 2.44 bits per heavy atom. The lowest BCUT2D eigenvalue weighted by Crippen LogP contribution is -2.48. The molecule has 1 unspecified atom stereocenters. The smallest absolute Gasteiger partial charge is 0.246 e. The summed E-state index contributed by atoms with van der Waals surface area (Å²) in [6.07, 6.45) is 0.460. The topological polar surface area (TPSA) is 110 Å². The van der Waals surface area contributed by atoms with Gasteiger partial charge in [0.05, 0.1) is 17.8 Å². The molecular formula is C10H20N4O3S. The summed E-state index contributed by atoms with van der Waals surface area (Å²) < 4.78 is 28.4. The van der Waals surface area contributed by atoms with Gasteiger partial charge in [0.2, 0.25) is 10.0 Å². The van der Waals surface area contributed by atoms with Crippen molar-refractivity contribution in [2.75, 3.05) is 12.3 Å². The van der Waals surface area contributed by atoms with Crippen LogP contribution in [0.5, 0.6) is 0 Å². The molecule has 0 radical (unpaired) electrons. The van der Waals surface area contributed by atoms with Crippen LogP contribution in [0.4, 0.5) is 5.82 Å². The molecule has 0 saturated heterocycles. The number of rotatable bonds is 5. The van der Waals surface area contributed by atoms with Crippen LogP contribution in [0.2, 0.25) is 0 Å². The van der Waals surface area contributed by atoms with Crippen LogP contribution in [0.3, 0.4) is 0 Å². The summed E-state index contributed by atoms with van der Waals surface area (Å²) in [5.41, 5.74) is 5.16. The molecule has 0 bridgehead atoms. The number of sulfonamides is 1.